The van der Waals surface area contributed by atoms with Crippen molar-refractivity contribution < 1.29 is 4.79 Å². The summed E-state index contributed by atoms with van der Waals surface area (Å²) in [5.74, 6) is 0.0869. The molecular weight excluding hydrogens is 318 g/mol. The van der Waals surface area contributed by atoms with Crippen LogP contribution >= 0.6 is 15.9 Å². The molecule has 106 valence electrons. The fourth-order valence-electron chi connectivity index (χ4n) is 2.12. The van der Waals surface area contributed by atoms with Gasteiger partial charge in [-0.15, -0.1) is 0 Å². The maximum absolute atomic E-state index is 12.4. The molecule has 0 aliphatic heterocycles. The normalized spacial score (nSPS) is 10.8. The number of nitrogens with two attached hydrogens (primary N) is 1. The van der Waals surface area contributed by atoms with Gasteiger partial charge in [0, 0.05) is 18.7 Å². The molecule has 0 fully saturated rings. The SMILES string of the molecule is CCn1nc(C)c(Br)c1CC(=O)c1ccc(CN)cc1. The summed E-state index contributed by atoms with van der Waals surface area (Å²) < 4.78 is 2.79. The lowest BCUT2D eigenvalue weighted by Gasteiger charge is -2.06. The second-order valence-corrected chi connectivity index (χ2v) is 5.46. The van der Waals surface area contributed by atoms with Crippen molar-refractivity contribution in [2.45, 2.75) is 33.4 Å². The molecule has 2 rings (SSSR count). The number of ketones is 1. The molecule has 0 spiro atoms. The van der Waals surface area contributed by atoms with E-state index in [0.29, 0.717) is 18.5 Å². The average Bonchev–Trinajstić information content (AvgIpc) is 2.75. The highest BCUT2D eigenvalue weighted by Crippen LogP contribution is 2.22. The molecule has 0 atom stereocenters. The van der Waals surface area contributed by atoms with Crippen molar-refractivity contribution in [3.8, 4) is 0 Å². The number of rotatable bonds is 5. The summed E-state index contributed by atoms with van der Waals surface area (Å²) >= 11 is 3.51. The van der Waals surface area contributed by atoms with E-state index in [4.69, 9.17) is 5.73 Å². The number of hydrogen-bond acceptors (Lipinski definition) is 3. The largest absolute Gasteiger partial charge is 0.326 e. The zero-order chi connectivity index (χ0) is 14.7. The maximum atomic E-state index is 12.4. The summed E-state index contributed by atoms with van der Waals surface area (Å²) in [6.45, 7) is 5.19. The molecule has 0 radical (unpaired) electrons. The van der Waals surface area contributed by atoms with Crippen LogP contribution in [0, 0.1) is 6.92 Å². The lowest BCUT2D eigenvalue weighted by atomic mass is 10.0. The van der Waals surface area contributed by atoms with Gasteiger partial charge in [-0.3, -0.25) is 9.48 Å². The Bertz CT molecular complexity index is 617. The summed E-state index contributed by atoms with van der Waals surface area (Å²) in [7, 11) is 0. The van der Waals surface area contributed by atoms with Crippen LogP contribution in [0.3, 0.4) is 0 Å². The first-order valence-electron chi connectivity index (χ1n) is 6.60. The van der Waals surface area contributed by atoms with Gasteiger partial charge in [0.1, 0.15) is 0 Å². The number of carbonyl (C=O) groups is 1. The standard InChI is InChI=1S/C15H18BrN3O/c1-3-19-13(15(16)10(2)18-19)8-14(20)12-6-4-11(9-17)5-7-12/h4-7H,3,8-9,17H2,1-2H3. The quantitative estimate of drug-likeness (QED) is 0.854. The molecule has 0 saturated carbocycles. The zero-order valence-electron chi connectivity index (χ0n) is 11.7. The van der Waals surface area contributed by atoms with Gasteiger partial charge < -0.3 is 5.73 Å². The second-order valence-electron chi connectivity index (χ2n) is 4.66. The Hall–Kier alpha value is -1.46. The molecule has 0 amide bonds. The fraction of sp³-hybridized carbons (Fsp3) is 0.333. The highest BCUT2D eigenvalue weighted by atomic mass is 79.9. The van der Waals surface area contributed by atoms with Crippen LogP contribution in [0.2, 0.25) is 0 Å². The molecule has 0 unspecified atom stereocenters. The van der Waals surface area contributed by atoms with E-state index in [9.17, 15) is 4.79 Å². The minimum Gasteiger partial charge on any atom is -0.326 e. The first kappa shape index (κ1) is 14.9. The van der Waals surface area contributed by atoms with Gasteiger partial charge in [0.15, 0.2) is 5.78 Å². The number of benzene rings is 1. The van der Waals surface area contributed by atoms with Crippen LogP contribution < -0.4 is 5.73 Å². The smallest absolute Gasteiger partial charge is 0.168 e. The molecule has 20 heavy (non-hydrogen) atoms. The van der Waals surface area contributed by atoms with Crippen molar-refractivity contribution >= 4 is 21.7 Å². The predicted octanol–water partition coefficient (Wildman–Crippen LogP) is 2.86. The Morgan fingerprint density at radius 2 is 2.00 bits per heavy atom. The molecule has 0 aliphatic rings. The van der Waals surface area contributed by atoms with E-state index < -0.39 is 0 Å². The molecule has 1 aromatic heterocycles. The molecule has 0 aliphatic carbocycles. The Balaban J connectivity index is 2.22. The van der Waals surface area contributed by atoms with Gasteiger partial charge in [-0.25, -0.2) is 0 Å². The molecule has 1 heterocycles. The Kier molecular flexibility index (Phi) is 4.73. The molecule has 5 heteroatoms. The van der Waals surface area contributed by atoms with Crippen molar-refractivity contribution in [2.24, 2.45) is 5.73 Å². The summed E-state index contributed by atoms with van der Waals surface area (Å²) in [5.41, 5.74) is 9.13. The molecular formula is C15H18BrN3O. The third kappa shape index (κ3) is 2.99. The number of aryl methyl sites for hydroxylation is 2. The number of hydrogen-bond donors (Lipinski definition) is 1. The lowest BCUT2D eigenvalue weighted by Crippen LogP contribution is -2.10. The van der Waals surface area contributed by atoms with E-state index in [1.165, 1.54) is 0 Å². The van der Waals surface area contributed by atoms with E-state index >= 15 is 0 Å². The monoisotopic (exact) mass is 335 g/mol. The van der Waals surface area contributed by atoms with Crippen molar-refractivity contribution in [1.29, 1.82) is 0 Å². The van der Waals surface area contributed by atoms with E-state index in [1.807, 2.05) is 42.8 Å². The number of Topliss-reactive ketones (excluding diaryl/α,β-unsaturated/α-hetero) is 1. The van der Waals surface area contributed by atoms with Crippen molar-refractivity contribution in [2.75, 3.05) is 0 Å². The topological polar surface area (TPSA) is 60.9 Å². The summed E-state index contributed by atoms with van der Waals surface area (Å²) in [6.07, 6.45) is 0.344. The fourth-order valence-corrected chi connectivity index (χ4v) is 2.54. The highest BCUT2D eigenvalue weighted by Gasteiger charge is 2.16. The maximum Gasteiger partial charge on any atom is 0.168 e. The highest BCUT2D eigenvalue weighted by molar-refractivity contribution is 9.10. The number of nitrogens with zero attached hydrogens (tertiary/aromatic N) is 2. The van der Waals surface area contributed by atoms with Crippen LogP contribution in [0.5, 0.6) is 0 Å². The van der Waals surface area contributed by atoms with Gasteiger partial charge in [-0.2, -0.15) is 5.10 Å². The molecule has 2 N–H and O–H groups in total. The van der Waals surface area contributed by atoms with Gasteiger partial charge in [-0.1, -0.05) is 24.3 Å². The predicted molar refractivity (Wildman–Crippen MR) is 82.7 cm³/mol. The van der Waals surface area contributed by atoms with Crippen LogP contribution in [0.25, 0.3) is 0 Å². The number of carbonyl (C=O) groups excluding carboxylic acids is 1. The van der Waals surface area contributed by atoms with Crippen molar-refractivity contribution in [3.05, 3.63) is 51.3 Å². The minimum absolute atomic E-state index is 0.0869. The van der Waals surface area contributed by atoms with E-state index in [2.05, 4.69) is 21.0 Å². The van der Waals surface area contributed by atoms with E-state index in [-0.39, 0.29) is 5.78 Å². The summed E-state index contributed by atoms with van der Waals surface area (Å²) in [4.78, 5) is 12.4. The molecule has 4 nitrogen and oxygen atoms in total. The van der Waals surface area contributed by atoms with Crippen LogP contribution in [-0.4, -0.2) is 15.6 Å². The van der Waals surface area contributed by atoms with Crippen LogP contribution in [0.4, 0.5) is 0 Å². The summed E-state index contributed by atoms with van der Waals surface area (Å²) in [5, 5.41) is 4.40. The molecule has 1 aromatic carbocycles. The van der Waals surface area contributed by atoms with Gasteiger partial charge in [0.25, 0.3) is 0 Å². The van der Waals surface area contributed by atoms with Gasteiger partial charge in [0.2, 0.25) is 0 Å². The number of aromatic nitrogens is 2. The Morgan fingerprint density at radius 3 is 2.55 bits per heavy atom. The van der Waals surface area contributed by atoms with Crippen LogP contribution in [0.15, 0.2) is 28.7 Å². The zero-order valence-corrected chi connectivity index (χ0v) is 13.3. The van der Waals surface area contributed by atoms with Crippen molar-refractivity contribution in [3.63, 3.8) is 0 Å². The van der Waals surface area contributed by atoms with Gasteiger partial charge >= 0.3 is 0 Å². The first-order valence-corrected chi connectivity index (χ1v) is 7.40. The Morgan fingerprint density at radius 1 is 1.35 bits per heavy atom. The van der Waals surface area contributed by atoms with E-state index in [1.54, 1.807) is 0 Å². The minimum atomic E-state index is 0.0869. The average molecular weight is 336 g/mol. The summed E-state index contributed by atoms with van der Waals surface area (Å²) in [6, 6.07) is 7.45. The third-order valence-electron chi connectivity index (χ3n) is 3.29. The Labute approximate surface area is 127 Å². The van der Waals surface area contributed by atoms with Crippen molar-refractivity contribution in [1.82, 2.24) is 9.78 Å². The van der Waals surface area contributed by atoms with Crippen LogP contribution in [0.1, 0.15) is 34.2 Å². The molecule has 0 saturated heterocycles. The van der Waals surface area contributed by atoms with E-state index in [0.717, 1.165) is 28.0 Å². The van der Waals surface area contributed by atoms with Gasteiger partial charge in [-0.05, 0) is 35.3 Å². The van der Waals surface area contributed by atoms with Gasteiger partial charge in [0.05, 0.1) is 22.3 Å². The number of halogens is 1. The lowest BCUT2D eigenvalue weighted by molar-refractivity contribution is 0.0990. The molecule has 0 bridgehead atoms. The first-order chi connectivity index (χ1) is 9.56. The second kappa shape index (κ2) is 6.33. The molecule has 2 aromatic rings. The van der Waals surface area contributed by atoms with Crippen LogP contribution in [-0.2, 0) is 19.5 Å². The third-order valence-corrected chi connectivity index (χ3v) is 4.32.